The monoisotopic (exact) mass is 285 g/mol. The smallest absolute Gasteiger partial charge is 0.145 e. The van der Waals surface area contributed by atoms with Gasteiger partial charge in [0.15, 0.2) is 0 Å². The zero-order chi connectivity index (χ0) is 13.9. The van der Waals surface area contributed by atoms with Crippen LogP contribution in [0.4, 0.5) is 5.82 Å². The van der Waals surface area contributed by atoms with Crippen molar-refractivity contribution in [2.24, 2.45) is 0 Å². The second kappa shape index (κ2) is 5.27. The zero-order valence-electron chi connectivity index (χ0n) is 10.5. The Labute approximate surface area is 121 Å². The van der Waals surface area contributed by atoms with Crippen molar-refractivity contribution in [2.75, 3.05) is 5.73 Å². The summed E-state index contributed by atoms with van der Waals surface area (Å²) in [6.45, 7) is 0. The Balaban J connectivity index is 1.77. The summed E-state index contributed by atoms with van der Waals surface area (Å²) in [5.41, 5.74) is 7.46. The van der Waals surface area contributed by atoms with Gasteiger partial charge in [0, 0.05) is 11.1 Å². The van der Waals surface area contributed by atoms with Gasteiger partial charge in [0.1, 0.15) is 17.3 Å². The molecule has 100 valence electrons. The number of hydrogen-bond donors (Lipinski definition) is 2. The molecule has 0 aliphatic rings. The van der Waals surface area contributed by atoms with E-state index in [1.54, 1.807) is 18.2 Å². The summed E-state index contributed by atoms with van der Waals surface area (Å²) in [5, 5.41) is 7.45. The van der Waals surface area contributed by atoms with Crippen LogP contribution < -0.4 is 10.5 Å². The number of aromatic nitrogens is 2. The van der Waals surface area contributed by atoms with Crippen LogP contribution in [0.25, 0.3) is 11.3 Å². The van der Waals surface area contributed by atoms with E-state index in [2.05, 4.69) is 10.2 Å². The average molecular weight is 286 g/mol. The molecule has 0 spiro atoms. The molecule has 0 saturated heterocycles. The van der Waals surface area contributed by atoms with Crippen molar-refractivity contribution in [3.63, 3.8) is 0 Å². The number of H-pyrrole nitrogens is 1. The minimum absolute atomic E-state index is 0.474. The molecule has 3 rings (SSSR count). The highest BCUT2D eigenvalue weighted by Gasteiger charge is 2.02. The summed E-state index contributed by atoms with van der Waals surface area (Å²) in [6.07, 6.45) is 0. The van der Waals surface area contributed by atoms with Crippen LogP contribution in [0.1, 0.15) is 0 Å². The van der Waals surface area contributed by atoms with E-state index in [-0.39, 0.29) is 0 Å². The average Bonchev–Trinajstić information content (AvgIpc) is 2.89. The Bertz CT molecular complexity index is 705. The maximum Gasteiger partial charge on any atom is 0.145 e. The number of ether oxygens (including phenoxy) is 1. The van der Waals surface area contributed by atoms with Crippen LogP contribution in [0.3, 0.4) is 0 Å². The second-order valence-corrected chi connectivity index (χ2v) is 4.72. The second-order valence-electron chi connectivity index (χ2n) is 4.29. The molecule has 0 aliphatic heterocycles. The molecule has 0 atom stereocenters. The largest absolute Gasteiger partial charge is 0.457 e. The zero-order valence-corrected chi connectivity index (χ0v) is 11.3. The highest BCUT2D eigenvalue weighted by Crippen LogP contribution is 2.26. The molecule has 0 saturated carbocycles. The van der Waals surface area contributed by atoms with E-state index in [4.69, 9.17) is 22.1 Å². The van der Waals surface area contributed by atoms with Crippen molar-refractivity contribution in [1.82, 2.24) is 10.2 Å². The Morgan fingerprint density at radius 2 is 1.55 bits per heavy atom. The molecular formula is C15H12ClN3O. The molecule has 0 fully saturated rings. The van der Waals surface area contributed by atoms with Crippen molar-refractivity contribution in [2.45, 2.75) is 0 Å². The molecule has 0 amide bonds. The summed E-state index contributed by atoms with van der Waals surface area (Å²) in [7, 11) is 0. The van der Waals surface area contributed by atoms with E-state index in [1.165, 1.54) is 0 Å². The number of halogens is 1. The first-order chi connectivity index (χ1) is 9.70. The topological polar surface area (TPSA) is 63.9 Å². The third-order valence-corrected chi connectivity index (χ3v) is 3.06. The SMILES string of the molecule is Nc1cc(-c2ccc(Oc3ccc(Cl)cc3)cc2)[nH]n1. The lowest BCUT2D eigenvalue weighted by Gasteiger charge is -2.06. The Hall–Kier alpha value is -2.46. The van der Waals surface area contributed by atoms with Gasteiger partial charge in [-0.25, -0.2) is 0 Å². The maximum atomic E-state index is 5.83. The predicted octanol–water partition coefficient (Wildman–Crippen LogP) is 4.10. The van der Waals surface area contributed by atoms with Crippen LogP contribution in [0.2, 0.25) is 5.02 Å². The number of nitrogen functional groups attached to an aromatic ring is 1. The van der Waals surface area contributed by atoms with Gasteiger partial charge in [0.2, 0.25) is 0 Å². The molecule has 3 aromatic rings. The third-order valence-electron chi connectivity index (χ3n) is 2.81. The van der Waals surface area contributed by atoms with Crippen molar-refractivity contribution in [3.8, 4) is 22.8 Å². The fourth-order valence-electron chi connectivity index (χ4n) is 1.83. The minimum Gasteiger partial charge on any atom is -0.457 e. The number of nitrogens with one attached hydrogen (secondary N) is 1. The van der Waals surface area contributed by atoms with Crippen LogP contribution in [-0.4, -0.2) is 10.2 Å². The van der Waals surface area contributed by atoms with Crippen LogP contribution in [0, 0.1) is 0 Å². The minimum atomic E-state index is 0.474. The van der Waals surface area contributed by atoms with Crippen LogP contribution in [0.15, 0.2) is 54.6 Å². The van der Waals surface area contributed by atoms with Crippen molar-refractivity contribution in [3.05, 3.63) is 59.6 Å². The first kappa shape index (κ1) is 12.6. The number of benzene rings is 2. The summed E-state index contributed by atoms with van der Waals surface area (Å²) < 4.78 is 5.72. The third kappa shape index (κ3) is 2.75. The summed E-state index contributed by atoms with van der Waals surface area (Å²) in [6, 6.07) is 16.7. The van der Waals surface area contributed by atoms with Gasteiger partial charge in [-0.05, 0) is 54.1 Å². The normalized spacial score (nSPS) is 10.4. The van der Waals surface area contributed by atoms with Gasteiger partial charge in [-0.3, -0.25) is 5.10 Å². The number of aromatic amines is 1. The number of nitrogens with two attached hydrogens (primary N) is 1. The van der Waals surface area contributed by atoms with Gasteiger partial charge < -0.3 is 10.5 Å². The first-order valence-corrected chi connectivity index (χ1v) is 6.43. The number of hydrogen-bond acceptors (Lipinski definition) is 3. The van der Waals surface area contributed by atoms with Gasteiger partial charge in [-0.2, -0.15) is 5.10 Å². The predicted molar refractivity (Wildman–Crippen MR) is 80.0 cm³/mol. The molecule has 0 bridgehead atoms. The summed E-state index contributed by atoms with van der Waals surface area (Å²) in [5.74, 6) is 1.97. The molecule has 2 aromatic carbocycles. The lowest BCUT2D eigenvalue weighted by molar-refractivity contribution is 0.483. The van der Waals surface area contributed by atoms with E-state index in [9.17, 15) is 0 Å². The van der Waals surface area contributed by atoms with E-state index in [0.29, 0.717) is 10.8 Å². The van der Waals surface area contributed by atoms with Gasteiger partial charge in [-0.1, -0.05) is 11.6 Å². The summed E-state index contributed by atoms with van der Waals surface area (Å²) in [4.78, 5) is 0. The van der Waals surface area contributed by atoms with E-state index in [1.807, 2.05) is 36.4 Å². The van der Waals surface area contributed by atoms with E-state index < -0.39 is 0 Å². The lowest BCUT2D eigenvalue weighted by Crippen LogP contribution is -1.84. The van der Waals surface area contributed by atoms with E-state index in [0.717, 1.165) is 22.8 Å². The van der Waals surface area contributed by atoms with Crippen molar-refractivity contribution >= 4 is 17.4 Å². The van der Waals surface area contributed by atoms with Gasteiger partial charge in [-0.15, -0.1) is 0 Å². The lowest BCUT2D eigenvalue weighted by atomic mass is 10.1. The number of rotatable bonds is 3. The Morgan fingerprint density at radius 1 is 0.950 bits per heavy atom. The maximum absolute atomic E-state index is 5.83. The Morgan fingerprint density at radius 3 is 2.10 bits per heavy atom. The highest BCUT2D eigenvalue weighted by molar-refractivity contribution is 6.30. The fourth-order valence-corrected chi connectivity index (χ4v) is 1.95. The molecule has 0 radical (unpaired) electrons. The Kier molecular flexibility index (Phi) is 3.31. The first-order valence-electron chi connectivity index (χ1n) is 6.05. The molecule has 5 heteroatoms. The van der Waals surface area contributed by atoms with E-state index >= 15 is 0 Å². The fraction of sp³-hybridized carbons (Fsp3) is 0. The molecular weight excluding hydrogens is 274 g/mol. The number of nitrogens with zero attached hydrogens (tertiary/aromatic N) is 1. The molecule has 4 nitrogen and oxygen atoms in total. The highest BCUT2D eigenvalue weighted by atomic mass is 35.5. The van der Waals surface area contributed by atoms with Gasteiger partial charge in [0.05, 0.1) is 5.69 Å². The standard InChI is InChI=1S/C15H12ClN3O/c16-11-3-7-13(8-4-11)20-12-5-1-10(2-6-12)14-9-15(17)19-18-14/h1-9H,(H3,17,18,19). The quantitative estimate of drug-likeness (QED) is 0.761. The molecule has 1 aromatic heterocycles. The van der Waals surface area contributed by atoms with Crippen LogP contribution >= 0.6 is 11.6 Å². The molecule has 0 unspecified atom stereocenters. The molecule has 3 N–H and O–H groups in total. The van der Waals surface area contributed by atoms with Gasteiger partial charge >= 0.3 is 0 Å². The van der Waals surface area contributed by atoms with Crippen LogP contribution in [-0.2, 0) is 0 Å². The molecule has 1 heterocycles. The molecule has 0 aliphatic carbocycles. The van der Waals surface area contributed by atoms with Crippen molar-refractivity contribution < 1.29 is 4.74 Å². The summed E-state index contributed by atoms with van der Waals surface area (Å²) >= 11 is 5.83. The molecule has 20 heavy (non-hydrogen) atoms. The van der Waals surface area contributed by atoms with Crippen LogP contribution in [0.5, 0.6) is 11.5 Å². The van der Waals surface area contributed by atoms with Crippen molar-refractivity contribution in [1.29, 1.82) is 0 Å². The van der Waals surface area contributed by atoms with Gasteiger partial charge in [0.25, 0.3) is 0 Å². The number of anilines is 1.